The van der Waals surface area contributed by atoms with Gasteiger partial charge in [-0.2, -0.15) is 0 Å². The maximum Gasteiger partial charge on any atom is 0.224 e. The van der Waals surface area contributed by atoms with Crippen LogP contribution in [-0.2, 0) is 11.2 Å². The second-order valence-corrected chi connectivity index (χ2v) is 3.87. The second-order valence-electron chi connectivity index (χ2n) is 3.50. The monoisotopic (exact) mass is 225 g/mol. The number of hydrogen-bond donors (Lipinski definition) is 1. The SMILES string of the molecule is Cc1ccccc1CC(=O)NCCCCl. The third-order valence-electron chi connectivity index (χ3n) is 2.24. The van der Waals surface area contributed by atoms with Crippen molar-refractivity contribution in [3.8, 4) is 0 Å². The van der Waals surface area contributed by atoms with Crippen LogP contribution >= 0.6 is 11.6 Å². The van der Waals surface area contributed by atoms with Crippen molar-refractivity contribution in [1.82, 2.24) is 5.32 Å². The van der Waals surface area contributed by atoms with Crippen LogP contribution in [0.2, 0.25) is 0 Å². The molecule has 0 radical (unpaired) electrons. The summed E-state index contributed by atoms with van der Waals surface area (Å²) in [4.78, 5) is 11.5. The molecule has 1 amide bonds. The Morgan fingerprint density at radius 1 is 1.40 bits per heavy atom. The minimum absolute atomic E-state index is 0.0643. The summed E-state index contributed by atoms with van der Waals surface area (Å²) >= 11 is 5.52. The third-order valence-corrected chi connectivity index (χ3v) is 2.51. The molecule has 1 N–H and O–H groups in total. The van der Waals surface area contributed by atoms with E-state index < -0.39 is 0 Å². The van der Waals surface area contributed by atoms with E-state index in [0.29, 0.717) is 18.8 Å². The molecule has 0 unspecified atom stereocenters. The molecule has 0 aliphatic rings. The van der Waals surface area contributed by atoms with E-state index in [9.17, 15) is 4.79 Å². The molecule has 0 aliphatic carbocycles. The molecular weight excluding hydrogens is 210 g/mol. The highest BCUT2D eigenvalue weighted by Crippen LogP contribution is 2.07. The van der Waals surface area contributed by atoms with Crippen LogP contribution in [0.4, 0.5) is 0 Å². The maximum atomic E-state index is 11.5. The predicted molar refractivity (Wildman–Crippen MR) is 63.2 cm³/mol. The van der Waals surface area contributed by atoms with Gasteiger partial charge in [-0.1, -0.05) is 24.3 Å². The second kappa shape index (κ2) is 6.46. The van der Waals surface area contributed by atoms with E-state index in [1.807, 2.05) is 31.2 Å². The molecule has 0 bridgehead atoms. The van der Waals surface area contributed by atoms with E-state index in [2.05, 4.69) is 5.32 Å². The number of alkyl halides is 1. The largest absolute Gasteiger partial charge is 0.356 e. The molecule has 0 saturated carbocycles. The van der Waals surface area contributed by atoms with Crippen LogP contribution in [0.3, 0.4) is 0 Å². The van der Waals surface area contributed by atoms with Gasteiger partial charge < -0.3 is 5.32 Å². The first-order valence-corrected chi connectivity index (χ1v) is 5.64. The molecule has 0 aromatic heterocycles. The lowest BCUT2D eigenvalue weighted by Crippen LogP contribution is -2.26. The summed E-state index contributed by atoms with van der Waals surface area (Å²) in [6, 6.07) is 7.93. The summed E-state index contributed by atoms with van der Waals surface area (Å²) in [7, 11) is 0. The number of rotatable bonds is 5. The number of carbonyl (C=O) groups excluding carboxylic acids is 1. The molecule has 0 spiro atoms. The van der Waals surface area contributed by atoms with Crippen molar-refractivity contribution in [3.63, 3.8) is 0 Å². The van der Waals surface area contributed by atoms with Crippen LogP contribution in [0, 0.1) is 6.92 Å². The van der Waals surface area contributed by atoms with Gasteiger partial charge in [-0.3, -0.25) is 4.79 Å². The number of aryl methyl sites for hydroxylation is 1. The topological polar surface area (TPSA) is 29.1 Å². The molecule has 0 aliphatic heterocycles. The number of amides is 1. The van der Waals surface area contributed by atoms with Crippen molar-refractivity contribution in [2.45, 2.75) is 19.8 Å². The van der Waals surface area contributed by atoms with Gasteiger partial charge in [0.15, 0.2) is 0 Å². The molecule has 3 heteroatoms. The zero-order valence-electron chi connectivity index (χ0n) is 8.92. The van der Waals surface area contributed by atoms with Crippen LogP contribution in [0.1, 0.15) is 17.5 Å². The fourth-order valence-corrected chi connectivity index (χ4v) is 1.47. The Hall–Kier alpha value is -1.02. The molecule has 82 valence electrons. The molecular formula is C12H16ClNO. The van der Waals surface area contributed by atoms with Gasteiger partial charge in [0.1, 0.15) is 0 Å². The van der Waals surface area contributed by atoms with Crippen molar-refractivity contribution in [2.75, 3.05) is 12.4 Å². The number of halogens is 1. The lowest BCUT2D eigenvalue weighted by molar-refractivity contribution is -0.120. The highest BCUT2D eigenvalue weighted by molar-refractivity contribution is 6.17. The van der Waals surface area contributed by atoms with Gasteiger partial charge in [0.25, 0.3) is 0 Å². The molecule has 1 aromatic rings. The minimum atomic E-state index is 0.0643. The lowest BCUT2D eigenvalue weighted by atomic mass is 10.1. The highest BCUT2D eigenvalue weighted by atomic mass is 35.5. The number of hydrogen-bond acceptors (Lipinski definition) is 1. The van der Waals surface area contributed by atoms with Gasteiger partial charge in [-0.05, 0) is 24.5 Å². The van der Waals surface area contributed by atoms with Gasteiger partial charge in [0.2, 0.25) is 5.91 Å². The van der Waals surface area contributed by atoms with Crippen LogP contribution in [0.15, 0.2) is 24.3 Å². The number of nitrogens with one attached hydrogen (secondary N) is 1. The fraction of sp³-hybridized carbons (Fsp3) is 0.417. The Morgan fingerprint density at radius 2 is 2.13 bits per heavy atom. The van der Waals surface area contributed by atoms with Crippen LogP contribution in [0.25, 0.3) is 0 Å². The zero-order valence-corrected chi connectivity index (χ0v) is 9.68. The fourth-order valence-electron chi connectivity index (χ4n) is 1.34. The first-order valence-electron chi connectivity index (χ1n) is 5.11. The number of benzene rings is 1. The summed E-state index contributed by atoms with van der Waals surface area (Å²) < 4.78 is 0. The molecule has 1 aromatic carbocycles. The van der Waals surface area contributed by atoms with Crippen molar-refractivity contribution < 1.29 is 4.79 Å². The molecule has 1 rings (SSSR count). The molecule has 0 fully saturated rings. The highest BCUT2D eigenvalue weighted by Gasteiger charge is 2.04. The van der Waals surface area contributed by atoms with Crippen molar-refractivity contribution >= 4 is 17.5 Å². The average molecular weight is 226 g/mol. The number of carbonyl (C=O) groups is 1. The molecule has 0 saturated heterocycles. The summed E-state index contributed by atoms with van der Waals surface area (Å²) in [6.07, 6.45) is 1.27. The predicted octanol–water partition coefficient (Wildman–Crippen LogP) is 2.28. The maximum absolute atomic E-state index is 11.5. The van der Waals surface area contributed by atoms with E-state index in [4.69, 9.17) is 11.6 Å². The Balaban J connectivity index is 2.41. The quantitative estimate of drug-likeness (QED) is 0.605. The van der Waals surface area contributed by atoms with Crippen LogP contribution < -0.4 is 5.32 Å². The normalized spacial score (nSPS) is 10.0. The molecule has 2 nitrogen and oxygen atoms in total. The smallest absolute Gasteiger partial charge is 0.224 e. The Labute approximate surface area is 95.6 Å². The van der Waals surface area contributed by atoms with Gasteiger partial charge in [-0.15, -0.1) is 11.6 Å². The van der Waals surface area contributed by atoms with E-state index in [1.165, 1.54) is 0 Å². The molecule has 15 heavy (non-hydrogen) atoms. The Kier molecular flexibility index (Phi) is 5.19. The minimum Gasteiger partial charge on any atom is -0.356 e. The summed E-state index contributed by atoms with van der Waals surface area (Å²) in [5, 5.41) is 2.84. The van der Waals surface area contributed by atoms with Gasteiger partial charge in [0, 0.05) is 12.4 Å². The first kappa shape index (κ1) is 12.1. The van der Waals surface area contributed by atoms with Crippen molar-refractivity contribution in [1.29, 1.82) is 0 Å². The van der Waals surface area contributed by atoms with Crippen LogP contribution in [-0.4, -0.2) is 18.3 Å². The summed E-state index contributed by atoms with van der Waals surface area (Å²) in [6.45, 7) is 2.68. The lowest BCUT2D eigenvalue weighted by Gasteiger charge is -2.06. The standard InChI is InChI=1S/C12H16ClNO/c1-10-5-2-3-6-11(10)9-12(15)14-8-4-7-13/h2-3,5-6H,4,7-9H2,1H3,(H,14,15). The van der Waals surface area contributed by atoms with Gasteiger partial charge in [-0.25, -0.2) is 0 Å². The van der Waals surface area contributed by atoms with Gasteiger partial charge in [0.05, 0.1) is 6.42 Å². The van der Waals surface area contributed by atoms with E-state index in [0.717, 1.165) is 17.5 Å². The summed E-state index contributed by atoms with van der Waals surface area (Å²) in [5.41, 5.74) is 2.24. The zero-order chi connectivity index (χ0) is 11.1. The van der Waals surface area contributed by atoms with E-state index in [1.54, 1.807) is 0 Å². The van der Waals surface area contributed by atoms with Gasteiger partial charge >= 0.3 is 0 Å². The Bertz CT molecular complexity index is 325. The average Bonchev–Trinajstić information content (AvgIpc) is 2.22. The molecule has 0 atom stereocenters. The summed E-state index contributed by atoms with van der Waals surface area (Å²) in [5.74, 6) is 0.652. The first-order chi connectivity index (χ1) is 7.24. The Morgan fingerprint density at radius 3 is 2.80 bits per heavy atom. The molecule has 0 heterocycles. The van der Waals surface area contributed by atoms with E-state index >= 15 is 0 Å². The van der Waals surface area contributed by atoms with Crippen LogP contribution in [0.5, 0.6) is 0 Å². The van der Waals surface area contributed by atoms with E-state index in [-0.39, 0.29) is 5.91 Å². The van der Waals surface area contributed by atoms with Crippen molar-refractivity contribution in [3.05, 3.63) is 35.4 Å². The third kappa shape index (κ3) is 4.34. The van der Waals surface area contributed by atoms with Crippen molar-refractivity contribution in [2.24, 2.45) is 0 Å².